The zero-order chi connectivity index (χ0) is 11.5. The normalized spacial score (nSPS) is 19.4. The highest BCUT2D eigenvalue weighted by Crippen LogP contribution is 2.27. The predicted octanol–water partition coefficient (Wildman–Crippen LogP) is 0.357. The lowest BCUT2D eigenvalue weighted by atomic mass is 9.98. The van der Waals surface area contributed by atoms with Crippen LogP contribution in [-0.4, -0.2) is 30.6 Å². The fourth-order valence-electron chi connectivity index (χ4n) is 1.81. The third-order valence-electron chi connectivity index (χ3n) is 2.85. The molecular weight excluding hydrogens is 232 g/mol. The Morgan fingerprint density at radius 3 is 2.31 bits per heavy atom. The number of amides is 1. The van der Waals surface area contributed by atoms with Gasteiger partial charge in [-0.3, -0.25) is 4.79 Å². The van der Waals surface area contributed by atoms with E-state index >= 15 is 0 Å². The monoisotopic (exact) mass is 250 g/mol. The molecule has 5 nitrogen and oxygen atoms in total. The Kier molecular flexibility index (Phi) is 5.75. The van der Waals surface area contributed by atoms with Crippen LogP contribution in [0.25, 0.3) is 0 Å². The Morgan fingerprint density at radius 2 is 1.88 bits per heavy atom. The van der Waals surface area contributed by atoms with E-state index in [4.69, 9.17) is 5.73 Å². The van der Waals surface area contributed by atoms with Gasteiger partial charge in [0.05, 0.1) is 12.6 Å². The first-order chi connectivity index (χ1) is 6.99. The molecule has 0 bridgehead atoms. The summed E-state index contributed by atoms with van der Waals surface area (Å²) in [5, 5.41) is 2.57. The minimum Gasteiger partial charge on any atom is -0.467 e. The number of carbonyl (C=O) groups is 2. The summed E-state index contributed by atoms with van der Waals surface area (Å²) >= 11 is 0. The summed E-state index contributed by atoms with van der Waals surface area (Å²) in [4.78, 5) is 22.8. The standard InChI is InChI=1S/C10H18N2O3.ClH/c1-7(8(13)15-2)12-9(14)10(11)5-3-4-6-10;/h7H,3-6,11H2,1-2H3,(H,12,14);1H/t7-;/m0./s1. The minimum atomic E-state index is -0.789. The third kappa shape index (κ3) is 3.35. The summed E-state index contributed by atoms with van der Waals surface area (Å²) in [5.74, 6) is -0.706. The number of methoxy groups -OCH3 is 1. The van der Waals surface area contributed by atoms with Crippen LogP contribution in [-0.2, 0) is 14.3 Å². The fourth-order valence-corrected chi connectivity index (χ4v) is 1.81. The second-order valence-corrected chi connectivity index (χ2v) is 4.08. The smallest absolute Gasteiger partial charge is 0.328 e. The zero-order valence-corrected chi connectivity index (χ0v) is 10.4. The SMILES string of the molecule is COC(=O)[C@H](C)NC(=O)C1(N)CCCC1.Cl. The van der Waals surface area contributed by atoms with Crippen molar-refractivity contribution >= 4 is 24.3 Å². The maximum atomic E-state index is 11.8. The van der Waals surface area contributed by atoms with E-state index in [0.717, 1.165) is 12.8 Å². The fraction of sp³-hybridized carbons (Fsp3) is 0.800. The number of hydrogen-bond donors (Lipinski definition) is 2. The second kappa shape index (κ2) is 6.06. The van der Waals surface area contributed by atoms with Gasteiger partial charge in [0.1, 0.15) is 6.04 Å². The van der Waals surface area contributed by atoms with Gasteiger partial charge in [-0.25, -0.2) is 4.79 Å². The molecule has 94 valence electrons. The van der Waals surface area contributed by atoms with Crippen LogP contribution in [0.15, 0.2) is 0 Å². The van der Waals surface area contributed by atoms with E-state index in [1.54, 1.807) is 6.92 Å². The molecular formula is C10H19ClN2O3. The van der Waals surface area contributed by atoms with Crippen LogP contribution >= 0.6 is 12.4 Å². The van der Waals surface area contributed by atoms with Gasteiger partial charge in [-0.05, 0) is 19.8 Å². The van der Waals surface area contributed by atoms with E-state index in [1.165, 1.54) is 7.11 Å². The molecule has 0 saturated heterocycles. The van der Waals surface area contributed by atoms with Gasteiger partial charge in [0, 0.05) is 0 Å². The molecule has 0 aliphatic heterocycles. The van der Waals surface area contributed by atoms with Gasteiger partial charge < -0.3 is 15.8 Å². The van der Waals surface area contributed by atoms with Gasteiger partial charge in [0.15, 0.2) is 0 Å². The number of halogens is 1. The Bertz CT molecular complexity index is 265. The molecule has 0 aromatic rings. The molecule has 0 unspecified atom stereocenters. The van der Waals surface area contributed by atoms with Crippen LogP contribution in [0.1, 0.15) is 32.6 Å². The molecule has 0 radical (unpaired) electrons. The number of nitrogens with two attached hydrogens (primary N) is 1. The van der Waals surface area contributed by atoms with Gasteiger partial charge in [-0.2, -0.15) is 0 Å². The van der Waals surface area contributed by atoms with Gasteiger partial charge in [-0.1, -0.05) is 12.8 Å². The van der Waals surface area contributed by atoms with Crippen LogP contribution in [0, 0.1) is 0 Å². The van der Waals surface area contributed by atoms with Crippen LogP contribution in [0.2, 0.25) is 0 Å². The Hall–Kier alpha value is -0.810. The molecule has 1 aliphatic carbocycles. The van der Waals surface area contributed by atoms with Crippen molar-refractivity contribution in [2.24, 2.45) is 5.73 Å². The first-order valence-electron chi connectivity index (χ1n) is 5.17. The number of rotatable bonds is 3. The topological polar surface area (TPSA) is 81.4 Å². The Labute approximate surface area is 101 Å². The average Bonchev–Trinajstić information content (AvgIpc) is 2.65. The van der Waals surface area contributed by atoms with Gasteiger partial charge in [0.2, 0.25) is 5.91 Å². The summed E-state index contributed by atoms with van der Waals surface area (Å²) in [6, 6.07) is -0.636. The molecule has 0 aromatic heterocycles. The molecule has 1 fully saturated rings. The van der Waals surface area contributed by atoms with E-state index in [-0.39, 0.29) is 18.3 Å². The molecule has 0 spiro atoms. The lowest BCUT2D eigenvalue weighted by molar-refractivity contribution is -0.145. The average molecular weight is 251 g/mol. The van der Waals surface area contributed by atoms with Crippen molar-refractivity contribution < 1.29 is 14.3 Å². The van der Waals surface area contributed by atoms with E-state index < -0.39 is 17.6 Å². The van der Waals surface area contributed by atoms with Crippen molar-refractivity contribution in [2.45, 2.75) is 44.2 Å². The number of hydrogen-bond acceptors (Lipinski definition) is 4. The Balaban J connectivity index is 0.00000225. The Morgan fingerprint density at radius 1 is 1.38 bits per heavy atom. The summed E-state index contributed by atoms with van der Waals surface area (Å²) in [6.45, 7) is 1.59. The predicted molar refractivity (Wildman–Crippen MR) is 62.3 cm³/mol. The number of esters is 1. The van der Waals surface area contributed by atoms with Crippen LogP contribution in [0.5, 0.6) is 0 Å². The van der Waals surface area contributed by atoms with Crippen molar-refractivity contribution in [2.75, 3.05) is 7.11 Å². The van der Waals surface area contributed by atoms with Crippen molar-refractivity contribution in [3.8, 4) is 0 Å². The summed E-state index contributed by atoms with van der Waals surface area (Å²) < 4.78 is 4.51. The van der Waals surface area contributed by atoms with Crippen molar-refractivity contribution in [3.63, 3.8) is 0 Å². The molecule has 1 amide bonds. The quantitative estimate of drug-likeness (QED) is 0.709. The van der Waals surface area contributed by atoms with Crippen molar-refractivity contribution in [1.29, 1.82) is 0 Å². The number of carbonyl (C=O) groups excluding carboxylic acids is 2. The molecule has 0 heterocycles. The highest BCUT2D eigenvalue weighted by atomic mass is 35.5. The maximum absolute atomic E-state index is 11.8. The summed E-state index contributed by atoms with van der Waals surface area (Å²) in [6.07, 6.45) is 3.31. The van der Waals surface area contributed by atoms with Crippen molar-refractivity contribution in [1.82, 2.24) is 5.32 Å². The molecule has 16 heavy (non-hydrogen) atoms. The highest BCUT2D eigenvalue weighted by molar-refractivity contribution is 5.90. The van der Waals surface area contributed by atoms with E-state index in [9.17, 15) is 9.59 Å². The molecule has 6 heteroatoms. The molecule has 1 aliphatic rings. The first-order valence-corrected chi connectivity index (χ1v) is 5.17. The van der Waals surface area contributed by atoms with Crippen LogP contribution in [0.3, 0.4) is 0 Å². The summed E-state index contributed by atoms with van der Waals surface area (Å²) in [7, 11) is 1.29. The van der Waals surface area contributed by atoms with Gasteiger partial charge in [0.25, 0.3) is 0 Å². The van der Waals surface area contributed by atoms with Gasteiger partial charge >= 0.3 is 5.97 Å². The lowest BCUT2D eigenvalue weighted by Gasteiger charge is -2.24. The number of nitrogens with one attached hydrogen (secondary N) is 1. The molecule has 1 rings (SSSR count). The molecule has 3 N–H and O–H groups in total. The zero-order valence-electron chi connectivity index (χ0n) is 9.62. The van der Waals surface area contributed by atoms with Crippen LogP contribution in [0.4, 0.5) is 0 Å². The number of ether oxygens (including phenoxy) is 1. The lowest BCUT2D eigenvalue weighted by Crippen LogP contribution is -2.55. The van der Waals surface area contributed by atoms with E-state index in [2.05, 4.69) is 10.1 Å². The van der Waals surface area contributed by atoms with E-state index in [0.29, 0.717) is 12.8 Å². The maximum Gasteiger partial charge on any atom is 0.328 e. The summed E-state index contributed by atoms with van der Waals surface area (Å²) in [5.41, 5.74) is 5.14. The highest BCUT2D eigenvalue weighted by Gasteiger charge is 2.38. The molecule has 1 atom stereocenters. The molecule has 1 saturated carbocycles. The van der Waals surface area contributed by atoms with E-state index in [1.807, 2.05) is 0 Å². The first kappa shape index (κ1) is 15.2. The molecule has 0 aromatic carbocycles. The largest absolute Gasteiger partial charge is 0.467 e. The second-order valence-electron chi connectivity index (χ2n) is 4.08. The van der Waals surface area contributed by atoms with Crippen LogP contribution < -0.4 is 11.1 Å². The van der Waals surface area contributed by atoms with Gasteiger partial charge in [-0.15, -0.1) is 12.4 Å². The minimum absolute atomic E-state index is 0. The van der Waals surface area contributed by atoms with Crippen molar-refractivity contribution in [3.05, 3.63) is 0 Å². The third-order valence-corrected chi connectivity index (χ3v) is 2.85.